The molecule has 2 aromatic rings. The van der Waals surface area contributed by atoms with Gasteiger partial charge in [-0.3, -0.25) is 0 Å². The molecule has 0 saturated carbocycles. The third-order valence-electron chi connectivity index (χ3n) is 5.98. The van der Waals surface area contributed by atoms with Crippen molar-refractivity contribution in [3.8, 4) is 0 Å². The van der Waals surface area contributed by atoms with E-state index in [1.54, 1.807) is 23.5 Å². The van der Waals surface area contributed by atoms with Gasteiger partial charge in [0.05, 0.1) is 5.69 Å². The molecule has 2 amide bonds. The molecule has 2 rings (SSSR count). The van der Waals surface area contributed by atoms with Gasteiger partial charge < -0.3 is 10.2 Å². The highest BCUT2D eigenvalue weighted by Crippen LogP contribution is 2.37. The molecule has 0 spiro atoms. The number of nitrogens with zero attached hydrogens (tertiary/aromatic N) is 2. The predicted molar refractivity (Wildman–Crippen MR) is 151 cm³/mol. The van der Waals surface area contributed by atoms with E-state index in [2.05, 4.69) is 70.9 Å². The first kappa shape index (κ1) is 28.6. The molecule has 34 heavy (non-hydrogen) atoms. The number of hydrogen-bond donors (Lipinski definition) is 1. The Labute approximate surface area is 216 Å². The highest BCUT2D eigenvalue weighted by molar-refractivity contribution is 8.00. The minimum absolute atomic E-state index is 0.0295. The summed E-state index contributed by atoms with van der Waals surface area (Å²) in [5, 5.41) is 4.20. The maximum atomic E-state index is 13.7. The van der Waals surface area contributed by atoms with E-state index in [0.717, 1.165) is 52.1 Å². The first-order chi connectivity index (χ1) is 16.3. The molecule has 0 saturated heterocycles. The number of carbonyl (C=O) groups excluding carboxylic acids is 1. The highest BCUT2D eigenvalue weighted by atomic mass is 32.2. The summed E-state index contributed by atoms with van der Waals surface area (Å²) in [6.07, 6.45) is 7.82. The van der Waals surface area contributed by atoms with Gasteiger partial charge in [-0.25, -0.2) is 9.78 Å². The van der Waals surface area contributed by atoms with Crippen molar-refractivity contribution in [2.75, 3.05) is 23.4 Å². The van der Waals surface area contributed by atoms with Gasteiger partial charge in [-0.1, -0.05) is 64.2 Å². The number of nitrogens with one attached hydrogen (secondary N) is 1. The number of hydrogen-bond acceptors (Lipinski definition) is 4. The molecule has 0 atom stereocenters. The van der Waals surface area contributed by atoms with Crippen molar-refractivity contribution >= 4 is 35.2 Å². The van der Waals surface area contributed by atoms with Crippen LogP contribution in [0.15, 0.2) is 28.3 Å². The van der Waals surface area contributed by atoms with Gasteiger partial charge in [0.25, 0.3) is 0 Å². The molecule has 1 aromatic heterocycles. The minimum Gasteiger partial charge on any atom is -0.320 e. The average molecular weight is 502 g/mol. The molecule has 4 nitrogen and oxygen atoms in total. The van der Waals surface area contributed by atoms with Crippen molar-refractivity contribution in [2.24, 2.45) is 0 Å². The number of aryl methyl sites for hydroxylation is 4. The van der Waals surface area contributed by atoms with Gasteiger partial charge in [0, 0.05) is 24.2 Å². The summed E-state index contributed by atoms with van der Waals surface area (Å²) in [4.78, 5) is 21.5. The van der Waals surface area contributed by atoms with Crippen molar-refractivity contribution in [3.05, 3.63) is 46.1 Å². The summed E-state index contributed by atoms with van der Waals surface area (Å²) in [7, 11) is 0. The van der Waals surface area contributed by atoms with Gasteiger partial charge in [-0.2, -0.15) is 0 Å². The van der Waals surface area contributed by atoms with E-state index in [1.807, 2.05) is 11.1 Å². The standard InChI is InChI=1S/C28H43N3OS2/c1-8-11-12-13-14-15-31(19-24-21(5)16-20(4)17-22(24)6)28(32)30-25-26(33-9-2)23(7)18-29-27(25)34-10-3/h16-18H,8-15,19H2,1-7H3,(H,30,32). The molecule has 0 aliphatic rings. The lowest BCUT2D eigenvalue weighted by Crippen LogP contribution is -2.36. The summed E-state index contributed by atoms with van der Waals surface area (Å²) in [5.41, 5.74) is 7.01. The number of carbonyl (C=O) groups is 1. The van der Waals surface area contributed by atoms with E-state index >= 15 is 0 Å². The predicted octanol–water partition coefficient (Wildman–Crippen LogP) is 8.54. The molecule has 0 aliphatic heterocycles. The Morgan fingerprint density at radius 1 is 0.912 bits per heavy atom. The Bertz CT molecular complexity index is 922. The van der Waals surface area contributed by atoms with E-state index in [9.17, 15) is 4.79 Å². The summed E-state index contributed by atoms with van der Waals surface area (Å²) in [6.45, 7) is 16.4. The second-order valence-electron chi connectivity index (χ2n) is 8.96. The second-order valence-corrected chi connectivity index (χ2v) is 11.5. The third-order valence-corrected chi connectivity index (χ3v) is 7.96. The molecule has 0 radical (unpaired) electrons. The van der Waals surface area contributed by atoms with Crippen LogP contribution in [0.1, 0.15) is 80.7 Å². The van der Waals surface area contributed by atoms with Crippen LogP contribution in [-0.2, 0) is 6.54 Å². The topological polar surface area (TPSA) is 45.2 Å². The van der Waals surface area contributed by atoms with Crippen LogP contribution in [0.3, 0.4) is 0 Å². The molecular weight excluding hydrogens is 458 g/mol. The molecule has 6 heteroatoms. The summed E-state index contributed by atoms with van der Waals surface area (Å²) in [6, 6.07) is 4.41. The van der Waals surface area contributed by atoms with E-state index in [0.29, 0.717) is 6.54 Å². The van der Waals surface area contributed by atoms with E-state index in [-0.39, 0.29) is 6.03 Å². The van der Waals surface area contributed by atoms with Crippen LogP contribution < -0.4 is 5.32 Å². The Morgan fingerprint density at radius 2 is 1.56 bits per heavy atom. The normalized spacial score (nSPS) is 11.0. The number of aromatic nitrogens is 1. The number of anilines is 1. The van der Waals surface area contributed by atoms with Gasteiger partial charge in [0.2, 0.25) is 0 Å². The summed E-state index contributed by atoms with van der Waals surface area (Å²) >= 11 is 3.46. The molecule has 1 N–H and O–H groups in total. The number of amides is 2. The van der Waals surface area contributed by atoms with Gasteiger partial charge in [-0.15, -0.1) is 23.5 Å². The zero-order chi connectivity index (χ0) is 25.1. The number of urea groups is 1. The maximum absolute atomic E-state index is 13.7. The van der Waals surface area contributed by atoms with Crippen LogP contribution in [0.5, 0.6) is 0 Å². The molecule has 0 fully saturated rings. The quantitative estimate of drug-likeness (QED) is 0.221. The van der Waals surface area contributed by atoms with Crippen molar-refractivity contribution in [2.45, 2.75) is 97.0 Å². The Hall–Kier alpha value is -1.66. The first-order valence-corrected chi connectivity index (χ1v) is 14.7. The number of pyridine rings is 1. The van der Waals surface area contributed by atoms with Crippen molar-refractivity contribution in [3.63, 3.8) is 0 Å². The van der Waals surface area contributed by atoms with Crippen molar-refractivity contribution in [1.29, 1.82) is 0 Å². The lowest BCUT2D eigenvalue weighted by atomic mass is 9.99. The van der Waals surface area contributed by atoms with Crippen molar-refractivity contribution < 1.29 is 4.79 Å². The fourth-order valence-corrected chi connectivity index (χ4v) is 5.88. The summed E-state index contributed by atoms with van der Waals surface area (Å²) < 4.78 is 0. The fraction of sp³-hybridized carbons (Fsp3) is 0.571. The molecular formula is C28H43N3OS2. The van der Waals surface area contributed by atoms with E-state index in [4.69, 9.17) is 0 Å². The van der Waals surface area contributed by atoms with Crippen LogP contribution in [0.2, 0.25) is 0 Å². The van der Waals surface area contributed by atoms with Gasteiger partial charge in [0.1, 0.15) is 5.03 Å². The fourth-order valence-electron chi connectivity index (χ4n) is 4.25. The zero-order valence-corrected chi connectivity index (χ0v) is 23.8. The molecule has 1 heterocycles. The molecule has 0 bridgehead atoms. The lowest BCUT2D eigenvalue weighted by Gasteiger charge is -2.26. The summed E-state index contributed by atoms with van der Waals surface area (Å²) in [5.74, 6) is 1.87. The maximum Gasteiger partial charge on any atom is 0.322 e. The Balaban J connectivity index is 2.33. The second kappa shape index (κ2) is 14.7. The van der Waals surface area contributed by atoms with Gasteiger partial charge in [-0.05, 0) is 67.9 Å². The SMILES string of the molecule is CCCCCCCN(Cc1c(C)cc(C)cc1C)C(=O)Nc1c(SCC)ncc(C)c1SCC. The minimum atomic E-state index is -0.0295. The zero-order valence-electron chi connectivity index (χ0n) is 22.2. The van der Waals surface area contributed by atoms with Crippen LogP contribution in [0, 0.1) is 27.7 Å². The van der Waals surface area contributed by atoms with E-state index in [1.165, 1.54) is 41.5 Å². The number of rotatable bonds is 13. The largest absolute Gasteiger partial charge is 0.322 e. The monoisotopic (exact) mass is 501 g/mol. The average Bonchev–Trinajstić information content (AvgIpc) is 2.78. The number of benzene rings is 1. The lowest BCUT2D eigenvalue weighted by molar-refractivity contribution is 0.207. The molecule has 188 valence electrons. The third kappa shape index (κ3) is 8.23. The van der Waals surface area contributed by atoms with Crippen LogP contribution in [0.4, 0.5) is 10.5 Å². The van der Waals surface area contributed by atoms with E-state index < -0.39 is 0 Å². The smallest absolute Gasteiger partial charge is 0.320 e. The Kier molecular flexibility index (Phi) is 12.3. The molecule has 1 aromatic carbocycles. The van der Waals surface area contributed by atoms with Gasteiger partial charge >= 0.3 is 6.03 Å². The number of thioether (sulfide) groups is 2. The van der Waals surface area contributed by atoms with Crippen LogP contribution in [0.25, 0.3) is 0 Å². The number of unbranched alkanes of at least 4 members (excludes halogenated alkanes) is 4. The van der Waals surface area contributed by atoms with Crippen LogP contribution in [-0.4, -0.2) is 34.0 Å². The van der Waals surface area contributed by atoms with Crippen LogP contribution >= 0.6 is 23.5 Å². The molecule has 0 aliphatic carbocycles. The van der Waals surface area contributed by atoms with Crippen molar-refractivity contribution in [1.82, 2.24) is 9.88 Å². The van der Waals surface area contributed by atoms with Gasteiger partial charge in [0.15, 0.2) is 0 Å². The Morgan fingerprint density at radius 3 is 2.18 bits per heavy atom. The first-order valence-electron chi connectivity index (χ1n) is 12.7. The highest BCUT2D eigenvalue weighted by Gasteiger charge is 2.21. The molecule has 0 unspecified atom stereocenters.